The number of aromatic nitrogens is 2. The SMILES string of the molecule is C(#Cc1cc(N2CCOCC2)c2nonc2c1)c1ccccc1. The fourth-order valence-corrected chi connectivity index (χ4v) is 2.66. The minimum absolute atomic E-state index is 0.715. The van der Waals surface area contributed by atoms with Gasteiger partial charge >= 0.3 is 0 Å². The van der Waals surface area contributed by atoms with Crippen molar-refractivity contribution >= 4 is 16.7 Å². The fourth-order valence-electron chi connectivity index (χ4n) is 2.66. The Morgan fingerprint density at radius 3 is 2.52 bits per heavy atom. The van der Waals surface area contributed by atoms with E-state index in [0.717, 1.165) is 40.9 Å². The molecule has 5 nitrogen and oxygen atoms in total. The van der Waals surface area contributed by atoms with E-state index in [1.54, 1.807) is 0 Å². The first kappa shape index (κ1) is 13.8. The van der Waals surface area contributed by atoms with Crippen LogP contribution in [0.1, 0.15) is 11.1 Å². The van der Waals surface area contributed by atoms with E-state index in [1.807, 2.05) is 42.5 Å². The number of ether oxygens (including phenoxy) is 1. The third-order valence-electron chi connectivity index (χ3n) is 3.82. The van der Waals surface area contributed by atoms with Crippen molar-refractivity contribution in [2.45, 2.75) is 0 Å². The molecule has 0 aliphatic carbocycles. The van der Waals surface area contributed by atoms with Crippen LogP contribution in [0.4, 0.5) is 5.69 Å². The van der Waals surface area contributed by atoms with Crippen LogP contribution in [0, 0.1) is 11.8 Å². The summed E-state index contributed by atoms with van der Waals surface area (Å²) in [5, 5.41) is 8.01. The van der Waals surface area contributed by atoms with Gasteiger partial charge in [-0.15, -0.1) is 0 Å². The van der Waals surface area contributed by atoms with Crippen LogP contribution in [0.3, 0.4) is 0 Å². The summed E-state index contributed by atoms with van der Waals surface area (Å²) in [6, 6.07) is 13.9. The van der Waals surface area contributed by atoms with Crippen molar-refractivity contribution in [3.8, 4) is 11.8 Å². The van der Waals surface area contributed by atoms with E-state index in [0.29, 0.717) is 13.2 Å². The molecule has 0 radical (unpaired) electrons. The number of hydrogen-bond donors (Lipinski definition) is 0. The molecule has 0 spiro atoms. The Labute approximate surface area is 133 Å². The number of nitrogens with zero attached hydrogens (tertiary/aromatic N) is 3. The van der Waals surface area contributed by atoms with Gasteiger partial charge in [0, 0.05) is 24.2 Å². The Kier molecular flexibility index (Phi) is 3.66. The highest BCUT2D eigenvalue weighted by Gasteiger charge is 2.17. The van der Waals surface area contributed by atoms with E-state index >= 15 is 0 Å². The van der Waals surface area contributed by atoms with Gasteiger partial charge in [0.2, 0.25) is 0 Å². The summed E-state index contributed by atoms with van der Waals surface area (Å²) in [7, 11) is 0. The molecule has 1 aromatic heterocycles. The average molecular weight is 305 g/mol. The van der Waals surface area contributed by atoms with Crippen LogP contribution in [0.5, 0.6) is 0 Å². The van der Waals surface area contributed by atoms with Gasteiger partial charge in [-0.05, 0) is 34.6 Å². The van der Waals surface area contributed by atoms with E-state index in [1.165, 1.54) is 0 Å². The Morgan fingerprint density at radius 2 is 1.70 bits per heavy atom. The summed E-state index contributed by atoms with van der Waals surface area (Å²) < 4.78 is 10.3. The Morgan fingerprint density at radius 1 is 0.913 bits per heavy atom. The fraction of sp³-hybridized carbons (Fsp3) is 0.222. The highest BCUT2D eigenvalue weighted by molar-refractivity contribution is 5.89. The molecule has 2 heterocycles. The van der Waals surface area contributed by atoms with Gasteiger partial charge in [-0.25, -0.2) is 4.63 Å². The van der Waals surface area contributed by atoms with Gasteiger partial charge in [-0.1, -0.05) is 30.0 Å². The molecule has 1 aliphatic heterocycles. The number of hydrogen-bond acceptors (Lipinski definition) is 5. The van der Waals surface area contributed by atoms with Crippen molar-refractivity contribution in [2.75, 3.05) is 31.2 Å². The molecule has 1 aliphatic rings. The van der Waals surface area contributed by atoms with Gasteiger partial charge in [-0.2, -0.15) is 0 Å². The molecule has 0 amide bonds. The highest BCUT2D eigenvalue weighted by Crippen LogP contribution is 2.26. The molecule has 0 unspecified atom stereocenters. The minimum Gasteiger partial charge on any atom is -0.378 e. The van der Waals surface area contributed by atoms with Gasteiger partial charge in [-0.3, -0.25) is 0 Å². The standard InChI is InChI=1S/C18H15N3O2/c1-2-4-14(5-3-1)6-7-15-12-16-18(20-23-19-16)17(13-15)21-8-10-22-11-9-21/h1-5,12-13H,8-11H2. The molecule has 0 atom stereocenters. The molecule has 1 fully saturated rings. The Hall–Kier alpha value is -2.84. The summed E-state index contributed by atoms with van der Waals surface area (Å²) >= 11 is 0. The second-order valence-electron chi connectivity index (χ2n) is 5.34. The van der Waals surface area contributed by atoms with Gasteiger partial charge in [0.15, 0.2) is 5.52 Å². The molecule has 1 saturated heterocycles. The molecular weight excluding hydrogens is 290 g/mol. The molecule has 0 saturated carbocycles. The monoisotopic (exact) mass is 305 g/mol. The molecule has 114 valence electrons. The van der Waals surface area contributed by atoms with Gasteiger partial charge in [0.1, 0.15) is 5.52 Å². The second-order valence-corrected chi connectivity index (χ2v) is 5.34. The summed E-state index contributed by atoms with van der Waals surface area (Å²) in [6.07, 6.45) is 0. The van der Waals surface area contributed by atoms with E-state index in [2.05, 4.69) is 27.1 Å². The number of fused-ring (bicyclic) bond motifs is 1. The predicted octanol–water partition coefficient (Wildman–Crippen LogP) is 2.46. The summed E-state index contributed by atoms with van der Waals surface area (Å²) in [5.74, 6) is 6.38. The van der Waals surface area contributed by atoms with Gasteiger partial charge in [0.25, 0.3) is 0 Å². The normalized spacial score (nSPS) is 14.5. The van der Waals surface area contributed by atoms with E-state index in [4.69, 9.17) is 9.37 Å². The summed E-state index contributed by atoms with van der Waals surface area (Å²) in [4.78, 5) is 2.24. The molecule has 23 heavy (non-hydrogen) atoms. The lowest BCUT2D eigenvalue weighted by Gasteiger charge is -2.28. The molecular formula is C18H15N3O2. The van der Waals surface area contributed by atoms with Crippen LogP contribution in [0.2, 0.25) is 0 Å². The third-order valence-corrected chi connectivity index (χ3v) is 3.82. The summed E-state index contributed by atoms with van der Waals surface area (Å²) in [5.41, 5.74) is 4.39. The van der Waals surface area contributed by atoms with Crippen molar-refractivity contribution in [1.29, 1.82) is 0 Å². The molecule has 0 N–H and O–H groups in total. The third kappa shape index (κ3) is 2.89. The highest BCUT2D eigenvalue weighted by atomic mass is 16.6. The molecule has 3 aromatic rings. The lowest BCUT2D eigenvalue weighted by molar-refractivity contribution is 0.123. The minimum atomic E-state index is 0.715. The quantitative estimate of drug-likeness (QED) is 0.646. The molecule has 2 aromatic carbocycles. The summed E-state index contributed by atoms with van der Waals surface area (Å²) in [6.45, 7) is 3.09. The van der Waals surface area contributed by atoms with Crippen molar-refractivity contribution in [2.24, 2.45) is 0 Å². The van der Waals surface area contributed by atoms with E-state index < -0.39 is 0 Å². The number of rotatable bonds is 1. The first-order valence-electron chi connectivity index (χ1n) is 7.56. The van der Waals surface area contributed by atoms with Gasteiger partial charge in [0.05, 0.1) is 18.9 Å². The van der Waals surface area contributed by atoms with Crippen LogP contribution in [0.25, 0.3) is 11.0 Å². The van der Waals surface area contributed by atoms with Crippen LogP contribution in [-0.4, -0.2) is 36.6 Å². The number of benzene rings is 2. The zero-order valence-corrected chi connectivity index (χ0v) is 12.5. The average Bonchev–Trinajstić information content (AvgIpc) is 3.09. The van der Waals surface area contributed by atoms with E-state index in [9.17, 15) is 0 Å². The zero-order valence-electron chi connectivity index (χ0n) is 12.5. The van der Waals surface area contributed by atoms with Crippen LogP contribution in [0.15, 0.2) is 47.1 Å². The van der Waals surface area contributed by atoms with Crippen molar-refractivity contribution in [3.63, 3.8) is 0 Å². The van der Waals surface area contributed by atoms with Gasteiger partial charge < -0.3 is 9.64 Å². The maximum atomic E-state index is 5.42. The van der Waals surface area contributed by atoms with Crippen LogP contribution < -0.4 is 4.90 Å². The van der Waals surface area contributed by atoms with E-state index in [-0.39, 0.29) is 0 Å². The topological polar surface area (TPSA) is 51.4 Å². The molecule has 0 bridgehead atoms. The second kappa shape index (κ2) is 6.11. The van der Waals surface area contributed by atoms with Crippen molar-refractivity contribution in [1.82, 2.24) is 10.3 Å². The Bertz CT molecular complexity index is 871. The predicted molar refractivity (Wildman–Crippen MR) is 87.3 cm³/mol. The maximum absolute atomic E-state index is 5.42. The first-order valence-corrected chi connectivity index (χ1v) is 7.56. The zero-order chi connectivity index (χ0) is 15.5. The van der Waals surface area contributed by atoms with Crippen molar-refractivity contribution in [3.05, 3.63) is 53.6 Å². The van der Waals surface area contributed by atoms with Crippen LogP contribution in [-0.2, 0) is 4.74 Å². The lowest BCUT2D eigenvalue weighted by Crippen LogP contribution is -2.36. The maximum Gasteiger partial charge on any atom is 0.158 e. The van der Waals surface area contributed by atoms with Crippen LogP contribution >= 0.6 is 0 Å². The number of anilines is 1. The Balaban J connectivity index is 1.74. The van der Waals surface area contributed by atoms with Crippen molar-refractivity contribution < 1.29 is 9.37 Å². The largest absolute Gasteiger partial charge is 0.378 e. The number of morpholine rings is 1. The molecule has 4 rings (SSSR count). The smallest absolute Gasteiger partial charge is 0.158 e. The first-order chi connectivity index (χ1) is 11.4. The molecule has 5 heteroatoms. The lowest BCUT2D eigenvalue weighted by atomic mass is 10.1.